The normalized spacial score (nSPS) is 34.0. The minimum Gasteiger partial charge on any atom is -0.458 e. The summed E-state index contributed by atoms with van der Waals surface area (Å²) in [6.07, 6.45) is 11.7. The molecule has 4 rings (SSSR count). The van der Waals surface area contributed by atoms with Gasteiger partial charge in [0.15, 0.2) is 0 Å². The highest BCUT2D eigenvalue weighted by Gasteiger charge is 2.55. The molecule has 0 aromatic carbocycles. The minimum absolute atomic E-state index is 0.0211. The molecule has 4 aliphatic rings. The number of hydrogen-bond acceptors (Lipinski definition) is 4. The first-order valence-corrected chi connectivity index (χ1v) is 10.7. The number of fused-ring (bicyclic) bond motifs is 1. The van der Waals surface area contributed by atoms with Crippen molar-refractivity contribution in [3.8, 4) is 0 Å². The maximum Gasteiger partial charge on any atom is 0.334 e. The number of nitrogens with one attached hydrogen (secondary N) is 1. The summed E-state index contributed by atoms with van der Waals surface area (Å²) < 4.78 is 5.92. The van der Waals surface area contributed by atoms with Gasteiger partial charge in [-0.2, -0.15) is 0 Å². The average Bonchev–Trinajstić information content (AvgIpc) is 2.65. The maximum absolute atomic E-state index is 12.7. The molecule has 0 radical (unpaired) electrons. The van der Waals surface area contributed by atoms with E-state index in [4.69, 9.17) is 4.74 Å². The van der Waals surface area contributed by atoms with Crippen molar-refractivity contribution in [3.05, 3.63) is 11.6 Å². The smallest absolute Gasteiger partial charge is 0.334 e. The predicted octanol–water partition coefficient (Wildman–Crippen LogP) is 2.89. The van der Waals surface area contributed by atoms with Crippen LogP contribution in [0.25, 0.3) is 0 Å². The molecule has 2 saturated carbocycles. The van der Waals surface area contributed by atoms with Gasteiger partial charge in [-0.05, 0) is 58.7 Å². The van der Waals surface area contributed by atoms with Gasteiger partial charge >= 0.3 is 12.0 Å². The molecule has 1 saturated heterocycles. The Hall–Kier alpha value is -1.56. The first kappa shape index (κ1) is 18.8. The number of hydrogen-bond donors (Lipinski definition) is 1. The van der Waals surface area contributed by atoms with Crippen LogP contribution in [0, 0.1) is 11.8 Å². The van der Waals surface area contributed by atoms with Crippen LogP contribution in [0.5, 0.6) is 0 Å². The Labute approximate surface area is 162 Å². The van der Waals surface area contributed by atoms with Gasteiger partial charge in [0.25, 0.3) is 0 Å². The lowest BCUT2D eigenvalue weighted by molar-refractivity contribution is -0.157. The third kappa shape index (κ3) is 3.60. The van der Waals surface area contributed by atoms with E-state index in [2.05, 4.69) is 30.4 Å². The molecule has 2 aliphatic carbocycles. The fraction of sp³-hybridized carbons (Fsp3) is 0.810. The SMILES string of the molecule is CN(C)CCCN1C(=O)NC12CCC1C=C(C3CCCCC3)C(=O)OC1C2. The molecule has 0 bridgehead atoms. The zero-order chi connectivity index (χ0) is 19.0. The molecule has 6 heteroatoms. The van der Waals surface area contributed by atoms with Crippen LogP contribution in [-0.4, -0.2) is 60.8 Å². The van der Waals surface area contributed by atoms with E-state index >= 15 is 0 Å². The number of rotatable bonds is 5. The summed E-state index contributed by atoms with van der Waals surface area (Å²) in [7, 11) is 4.10. The summed E-state index contributed by atoms with van der Waals surface area (Å²) in [5, 5.41) is 3.13. The monoisotopic (exact) mass is 375 g/mol. The van der Waals surface area contributed by atoms with Gasteiger partial charge in [-0.1, -0.05) is 25.3 Å². The van der Waals surface area contributed by atoms with E-state index in [1.54, 1.807) is 0 Å². The van der Waals surface area contributed by atoms with Crippen molar-refractivity contribution in [1.82, 2.24) is 15.1 Å². The molecule has 27 heavy (non-hydrogen) atoms. The quantitative estimate of drug-likeness (QED) is 0.751. The van der Waals surface area contributed by atoms with Crippen LogP contribution in [0.4, 0.5) is 4.79 Å². The molecule has 6 nitrogen and oxygen atoms in total. The molecule has 1 N–H and O–H groups in total. The van der Waals surface area contributed by atoms with E-state index in [-0.39, 0.29) is 23.8 Å². The van der Waals surface area contributed by atoms with Gasteiger partial charge in [0, 0.05) is 24.5 Å². The molecule has 1 spiro atoms. The van der Waals surface area contributed by atoms with Crippen LogP contribution in [0.3, 0.4) is 0 Å². The number of amides is 2. The molecule has 3 atom stereocenters. The Morgan fingerprint density at radius 3 is 2.70 bits per heavy atom. The molecule has 2 amide bonds. The minimum atomic E-state index is -0.305. The number of carbonyl (C=O) groups is 2. The van der Waals surface area contributed by atoms with E-state index in [9.17, 15) is 9.59 Å². The molecular formula is C21H33N3O3. The molecule has 2 aliphatic heterocycles. The second kappa shape index (κ2) is 7.46. The molecule has 0 aromatic heterocycles. The van der Waals surface area contributed by atoms with Crippen molar-refractivity contribution in [2.24, 2.45) is 11.8 Å². The lowest BCUT2D eigenvalue weighted by Crippen LogP contribution is -2.78. The second-order valence-corrected chi connectivity index (χ2v) is 9.08. The summed E-state index contributed by atoms with van der Waals surface area (Å²) in [6.45, 7) is 1.73. The Bertz CT molecular complexity index is 626. The third-order valence-electron chi connectivity index (χ3n) is 6.93. The Morgan fingerprint density at radius 1 is 1.22 bits per heavy atom. The van der Waals surface area contributed by atoms with Crippen molar-refractivity contribution in [3.63, 3.8) is 0 Å². The van der Waals surface area contributed by atoms with E-state index in [0.717, 1.165) is 50.8 Å². The van der Waals surface area contributed by atoms with Gasteiger partial charge in [0.1, 0.15) is 11.8 Å². The summed E-state index contributed by atoms with van der Waals surface area (Å²) >= 11 is 0. The highest BCUT2D eigenvalue weighted by atomic mass is 16.5. The maximum atomic E-state index is 12.7. The van der Waals surface area contributed by atoms with Crippen LogP contribution in [-0.2, 0) is 9.53 Å². The van der Waals surface area contributed by atoms with Gasteiger partial charge in [-0.3, -0.25) is 0 Å². The summed E-state index contributed by atoms with van der Waals surface area (Å²) in [5.74, 6) is 0.602. The largest absolute Gasteiger partial charge is 0.458 e. The van der Waals surface area contributed by atoms with E-state index in [1.165, 1.54) is 19.3 Å². The highest BCUT2D eigenvalue weighted by Crippen LogP contribution is 2.44. The zero-order valence-corrected chi connectivity index (χ0v) is 16.7. The molecule has 150 valence electrons. The molecule has 3 unspecified atom stereocenters. The summed E-state index contributed by atoms with van der Waals surface area (Å²) in [4.78, 5) is 28.9. The predicted molar refractivity (Wildman–Crippen MR) is 103 cm³/mol. The zero-order valence-electron chi connectivity index (χ0n) is 16.7. The lowest BCUT2D eigenvalue weighted by Gasteiger charge is -2.57. The number of carbonyl (C=O) groups excluding carboxylic acids is 2. The van der Waals surface area contributed by atoms with Crippen LogP contribution in [0.1, 0.15) is 57.8 Å². The van der Waals surface area contributed by atoms with Crippen molar-refractivity contribution in [2.45, 2.75) is 69.6 Å². The number of ether oxygens (including phenoxy) is 1. The topological polar surface area (TPSA) is 61.9 Å². The average molecular weight is 376 g/mol. The Balaban J connectivity index is 1.41. The number of nitrogens with zero attached hydrogens (tertiary/aromatic N) is 2. The Kier molecular flexibility index (Phi) is 5.19. The van der Waals surface area contributed by atoms with Crippen molar-refractivity contribution in [1.29, 1.82) is 0 Å². The van der Waals surface area contributed by atoms with Crippen LogP contribution < -0.4 is 5.32 Å². The number of esters is 1. The van der Waals surface area contributed by atoms with E-state index in [0.29, 0.717) is 18.3 Å². The van der Waals surface area contributed by atoms with Crippen molar-refractivity contribution in [2.75, 3.05) is 27.2 Å². The van der Waals surface area contributed by atoms with Gasteiger partial charge in [-0.25, -0.2) is 9.59 Å². The van der Waals surface area contributed by atoms with E-state index in [1.807, 2.05) is 4.90 Å². The first-order valence-electron chi connectivity index (χ1n) is 10.7. The van der Waals surface area contributed by atoms with Gasteiger partial charge in [-0.15, -0.1) is 0 Å². The lowest BCUT2D eigenvalue weighted by atomic mass is 9.73. The molecular weight excluding hydrogens is 342 g/mol. The van der Waals surface area contributed by atoms with Gasteiger partial charge in [0.05, 0.1) is 0 Å². The number of urea groups is 1. The fourth-order valence-electron chi connectivity index (χ4n) is 5.41. The van der Waals surface area contributed by atoms with Crippen molar-refractivity contribution >= 4 is 12.0 Å². The Morgan fingerprint density at radius 2 is 2.00 bits per heavy atom. The van der Waals surface area contributed by atoms with Crippen LogP contribution >= 0.6 is 0 Å². The molecule has 2 heterocycles. The third-order valence-corrected chi connectivity index (χ3v) is 6.93. The fourth-order valence-corrected chi connectivity index (χ4v) is 5.41. The standard InChI is InChI=1S/C21H33N3O3/c1-23(2)11-6-12-24-20(26)22-21(24)10-9-16-13-17(15-7-4-3-5-8-15)19(25)27-18(16)14-21/h13,15-16,18H,3-12,14H2,1-2H3,(H,22,26). The first-order chi connectivity index (χ1) is 13.0. The van der Waals surface area contributed by atoms with E-state index < -0.39 is 0 Å². The van der Waals surface area contributed by atoms with Crippen LogP contribution in [0.2, 0.25) is 0 Å². The summed E-state index contributed by atoms with van der Waals surface area (Å²) in [6, 6.07) is 0.0211. The van der Waals surface area contributed by atoms with Gasteiger partial charge < -0.3 is 19.9 Å². The molecule has 0 aromatic rings. The van der Waals surface area contributed by atoms with Gasteiger partial charge in [0.2, 0.25) is 0 Å². The van der Waals surface area contributed by atoms with Crippen LogP contribution in [0.15, 0.2) is 11.6 Å². The molecule has 3 fully saturated rings. The summed E-state index contributed by atoms with van der Waals surface area (Å²) in [5.41, 5.74) is 0.633. The highest BCUT2D eigenvalue weighted by molar-refractivity contribution is 5.90. The second-order valence-electron chi connectivity index (χ2n) is 9.08. The van der Waals surface area contributed by atoms with Crippen molar-refractivity contribution < 1.29 is 14.3 Å².